The van der Waals surface area contributed by atoms with Crippen molar-refractivity contribution in [2.45, 2.75) is 13.0 Å². The van der Waals surface area contributed by atoms with Crippen LogP contribution >= 0.6 is 23.2 Å². The van der Waals surface area contributed by atoms with Gasteiger partial charge in [0.25, 0.3) is 0 Å². The second-order valence-corrected chi connectivity index (χ2v) is 6.47. The largest absolute Gasteiger partial charge is 0.494 e. The summed E-state index contributed by atoms with van der Waals surface area (Å²) in [6.07, 6.45) is 2.34. The van der Waals surface area contributed by atoms with Crippen molar-refractivity contribution < 1.29 is 4.74 Å². The van der Waals surface area contributed by atoms with Crippen molar-refractivity contribution in [2.75, 3.05) is 12.3 Å². The van der Waals surface area contributed by atoms with E-state index in [4.69, 9.17) is 33.7 Å². The molecule has 0 saturated carbocycles. The van der Waals surface area contributed by atoms with Crippen molar-refractivity contribution in [3.63, 3.8) is 0 Å². The van der Waals surface area contributed by atoms with Gasteiger partial charge >= 0.3 is 5.69 Å². The summed E-state index contributed by atoms with van der Waals surface area (Å²) >= 11 is 12.0. The summed E-state index contributed by atoms with van der Waals surface area (Å²) in [5.74, 6) is 0.956. The van der Waals surface area contributed by atoms with E-state index in [0.29, 0.717) is 35.2 Å². The molecule has 0 radical (unpaired) electrons. The highest BCUT2D eigenvalue weighted by Crippen LogP contribution is 2.30. The van der Waals surface area contributed by atoms with E-state index < -0.39 is 5.69 Å². The van der Waals surface area contributed by atoms with Crippen molar-refractivity contribution in [1.82, 2.24) is 9.55 Å². The predicted molar refractivity (Wildman–Crippen MR) is 105 cm³/mol. The number of aryl methyl sites for hydroxylation is 1. The smallest absolute Gasteiger partial charge is 0.349 e. The normalized spacial score (nSPS) is 10.7. The zero-order valence-corrected chi connectivity index (χ0v) is 15.4. The Labute approximate surface area is 161 Å². The second kappa shape index (κ2) is 8.25. The van der Waals surface area contributed by atoms with E-state index in [1.54, 1.807) is 24.4 Å². The maximum atomic E-state index is 12.1. The Morgan fingerprint density at radius 3 is 2.58 bits per heavy atom. The van der Waals surface area contributed by atoms with Crippen LogP contribution < -0.4 is 16.2 Å². The standard InChI is InChI=1S/C19H17Cl2N3O2/c20-16-8-7-13(11-17(16)21)15-12-24(19(25)23-18(15)22)9-4-10-26-14-5-2-1-3-6-14/h1-3,5-8,11-12H,4,9-10H2,(H2,22,23,25). The summed E-state index contributed by atoms with van der Waals surface area (Å²) in [6.45, 7) is 0.955. The summed E-state index contributed by atoms with van der Waals surface area (Å²) in [5.41, 5.74) is 6.90. The highest BCUT2D eigenvalue weighted by atomic mass is 35.5. The van der Waals surface area contributed by atoms with Crippen LogP contribution in [-0.2, 0) is 6.54 Å². The molecule has 0 amide bonds. The molecule has 0 aliphatic carbocycles. The number of para-hydroxylation sites is 1. The summed E-state index contributed by atoms with van der Waals surface area (Å²) in [5, 5.41) is 0.867. The van der Waals surface area contributed by atoms with Gasteiger partial charge in [-0.05, 0) is 36.2 Å². The number of ether oxygens (including phenoxy) is 1. The Morgan fingerprint density at radius 1 is 1.08 bits per heavy atom. The van der Waals surface area contributed by atoms with Gasteiger partial charge in [-0.3, -0.25) is 4.57 Å². The highest BCUT2D eigenvalue weighted by Gasteiger charge is 2.10. The Bertz CT molecular complexity index is 959. The number of hydrogen-bond acceptors (Lipinski definition) is 4. The molecule has 2 aromatic carbocycles. The number of hydrogen-bond donors (Lipinski definition) is 1. The molecule has 3 aromatic rings. The molecule has 7 heteroatoms. The number of benzene rings is 2. The van der Waals surface area contributed by atoms with Gasteiger partial charge in [-0.2, -0.15) is 4.98 Å². The van der Waals surface area contributed by atoms with Gasteiger partial charge in [0.15, 0.2) is 0 Å². The van der Waals surface area contributed by atoms with Gasteiger partial charge in [-0.15, -0.1) is 0 Å². The highest BCUT2D eigenvalue weighted by molar-refractivity contribution is 6.42. The van der Waals surface area contributed by atoms with E-state index in [2.05, 4.69) is 4.98 Å². The van der Waals surface area contributed by atoms with E-state index in [1.807, 2.05) is 30.3 Å². The summed E-state index contributed by atoms with van der Waals surface area (Å²) in [7, 11) is 0. The average Bonchev–Trinajstić information content (AvgIpc) is 2.63. The average molecular weight is 390 g/mol. The number of nitrogens with two attached hydrogens (primary N) is 1. The molecule has 0 saturated heterocycles. The van der Waals surface area contributed by atoms with Crippen molar-refractivity contribution >= 4 is 29.0 Å². The van der Waals surface area contributed by atoms with Crippen molar-refractivity contribution in [3.05, 3.63) is 75.3 Å². The van der Waals surface area contributed by atoms with E-state index >= 15 is 0 Å². The molecule has 1 aromatic heterocycles. The van der Waals surface area contributed by atoms with Crippen LogP contribution in [0.4, 0.5) is 5.82 Å². The van der Waals surface area contributed by atoms with Crippen LogP contribution in [0.25, 0.3) is 11.1 Å². The molecule has 0 spiro atoms. The lowest BCUT2D eigenvalue weighted by atomic mass is 10.1. The Morgan fingerprint density at radius 2 is 1.85 bits per heavy atom. The van der Waals surface area contributed by atoms with Gasteiger partial charge in [0.1, 0.15) is 11.6 Å². The van der Waals surface area contributed by atoms with Gasteiger partial charge in [-0.25, -0.2) is 4.79 Å². The van der Waals surface area contributed by atoms with E-state index in [9.17, 15) is 4.79 Å². The molecule has 26 heavy (non-hydrogen) atoms. The van der Waals surface area contributed by atoms with Crippen LogP contribution in [0.2, 0.25) is 10.0 Å². The quantitative estimate of drug-likeness (QED) is 0.639. The maximum Gasteiger partial charge on any atom is 0.349 e. The first-order chi connectivity index (χ1) is 12.5. The molecule has 134 valence electrons. The molecule has 0 bridgehead atoms. The maximum absolute atomic E-state index is 12.1. The number of halogens is 2. The van der Waals surface area contributed by atoms with Crippen LogP contribution in [0.1, 0.15) is 6.42 Å². The number of aromatic nitrogens is 2. The van der Waals surface area contributed by atoms with Gasteiger partial charge in [0.2, 0.25) is 0 Å². The Kier molecular flexibility index (Phi) is 5.81. The zero-order chi connectivity index (χ0) is 18.5. The van der Waals surface area contributed by atoms with Crippen LogP contribution in [0.5, 0.6) is 5.75 Å². The fourth-order valence-electron chi connectivity index (χ4n) is 2.49. The molecule has 5 nitrogen and oxygen atoms in total. The third kappa shape index (κ3) is 4.36. The molecule has 1 heterocycles. The number of rotatable bonds is 6. The molecular formula is C19H17Cl2N3O2. The molecule has 3 rings (SSSR count). The second-order valence-electron chi connectivity index (χ2n) is 5.66. The molecule has 0 unspecified atom stereocenters. The van der Waals surface area contributed by atoms with E-state index in [0.717, 1.165) is 11.3 Å². The zero-order valence-electron chi connectivity index (χ0n) is 13.9. The predicted octanol–water partition coefficient (Wildman–Crippen LogP) is 4.27. The van der Waals surface area contributed by atoms with Gasteiger partial charge < -0.3 is 10.5 Å². The topological polar surface area (TPSA) is 70.1 Å². The molecule has 0 atom stereocenters. The number of nitrogen functional groups attached to an aromatic ring is 1. The van der Waals surface area contributed by atoms with Gasteiger partial charge in [-0.1, -0.05) is 47.5 Å². The third-order valence-electron chi connectivity index (χ3n) is 3.81. The fraction of sp³-hybridized carbons (Fsp3) is 0.158. The minimum atomic E-state index is -0.397. The van der Waals surface area contributed by atoms with Crippen LogP contribution in [0.15, 0.2) is 59.5 Å². The first-order valence-corrected chi connectivity index (χ1v) is 8.80. The lowest BCUT2D eigenvalue weighted by molar-refractivity contribution is 0.300. The summed E-state index contributed by atoms with van der Waals surface area (Å²) in [6, 6.07) is 14.7. The first kappa shape index (κ1) is 18.3. The summed E-state index contributed by atoms with van der Waals surface area (Å²) in [4.78, 5) is 16.0. The Hall–Kier alpha value is -2.50. The van der Waals surface area contributed by atoms with Crippen LogP contribution in [0.3, 0.4) is 0 Å². The van der Waals surface area contributed by atoms with Crippen molar-refractivity contribution in [1.29, 1.82) is 0 Å². The molecule has 0 aliphatic heterocycles. The molecular weight excluding hydrogens is 373 g/mol. The van der Waals surface area contributed by atoms with E-state index in [-0.39, 0.29) is 5.82 Å². The van der Waals surface area contributed by atoms with Gasteiger partial charge in [0, 0.05) is 18.3 Å². The third-order valence-corrected chi connectivity index (χ3v) is 4.55. The SMILES string of the molecule is Nc1nc(=O)n(CCCOc2ccccc2)cc1-c1ccc(Cl)c(Cl)c1. The van der Waals surface area contributed by atoms with Crippen LogP contribution in [0, 0.1) is 0 Å². The van der Waals surface area contributed by atoms with E-state index in [1.165, 1.54) is 4.57 Å². The first-order valence-electron chi connectivity index (χ1n) is 8.05. The number of anilines is 1. The molecule has 0 aliphatic rings. The lowest BCUT2D eigenvalue weighted by Gasteiger charge is -2.11. The van der Waals surface area contributed by atoms with Gasteiger partial charge in [0.05, 0.1) is 16.7 Å². The molecule has 0 fully saturated rings. The minimum Gasteiger partial charge on any atom is -0.494 e. The van der Waals surface area contributed by atoms with Crippen LogP contribution in [-0.4, -0.2) is 16.2 Å². The lowest BCUT2D eigenvalue weighted by Crippen LogP contribution is -2.25. The van der Waals surface area contributed by atoms with Crippen molar-refractivity contribution in [2.24, 2.45) is 0 Å². The summed E-state index contributed by atoms with van der Waals surface area (Å²) < 4.78 is 7.16. The fourth-order valence-corrected chi connectivity index (χ4v) is 2.79. The molecule has 2 N–H and O–H groups in total. The monoisotopic (exact) mass is 389 g/mol. The number of nitrogens with zero attached hydrogens (tertiary/aromatic N) is 2. The van der Waals surface area contributed by atoms with Crippen molar-refractivity contribution in [3.8, 4) is 16.9 Å². The Balaban J connectivity index is 1.73. The minimum absolute atomic E-state index is 0.158.